The van der Waals surface area contributed by atoms with E-state index in [-0.39, 0.29) is 73.6 Å². The summed E-state index contributed by atoms with van der Waals surface area (Å²) in [5.74, 6) is -0.625. The van der Waals surface area contributed by atoms with Gasteiger partial charge in [0.1, 0.15) is 21.9 Å². The molecule has 5 aromatic carbocycles. The van der Waals surface area contributed by atoms with E-state index in [2.05, 4.69) is 95.0 Å². The van der Waals surface area contributed by atoms with Crippen LogP contribution in [0.4, 0.5) is 53.4 Å². The highest BCUT2D eigenvalue weighted by molar-refractivity contribution is 6.33. The largest absolute Gasteiger partial charge is 0.419 e. The number of β-amino-alcohol motifs (C(OH)–C–C–N with tert-alkyl or cyclic N) is 2. The van der Waals surface area contributed by atoms with E-state index < -0.39 is 35.5 Å². The summed E-state index contributed by atoms with van der Waals surface area (Å²) in [6.45, 7) is 11.4. The zero-order valence-electron chi connectivity index (χ0n) is 62.4. The lowest BCUT2D eigenvalue weighted by molar-refractivity contribution is -0.139. The highest BCUT2D eigenvalue weighted by Crippen LogP contribution is 2.66. The van der Waals surface area contributed by atoms with Crippen molar-refractivity contribution in [3.63, 3.8) is 0 Å². The van der Waals surface area contributed by atoms with Crippen molar-refractivity contribution in [1.82, 2.24) is 39.3 Å². The first-order chi connectivity index (χ1) is 53.3. The smallest absolute Gasteiger partial charge is 0.392 e. The first-order valence-corrected chi connectivity index (χ1v) is 40.1. The molecule has 9 fully saturated rings. The standard InChI is InChI=1S/C28H34Cl2N6O.C28H32ClFN4O2.C28H30F4N4O2/c1-34-12-14-35(15-13-34)10-2-3-11-36(27(37)32-22-16-25(29)33-26(30)17-22)24-8-9-28(18-23(24)28)21-6-4-20(19-31)5-7-21;29-25-15-22(5-6-26(25)30)32-27(36)34(11-2-10-33-12-8-24(35)18-33)23-7-9-28(16-21(28)14-23)20-4-1-3-19(13-20)17-31;29-25-5-4-21(14-24(25)28(30,31)32)34-26(38)36(11-10-35-9-7-23(37)17-35)22-6-8-27(15-20(27)13-22)19-3-1-2-18(12-19)16-33/h4-7,16-17,23-24H,2-3,8-15,18H2,1H3,(H,32,33,37);1,3-6,13,15,21,23-24,35H,2,7-12,14,16,18H2,(H,32,36);1-5,12,14,20,22-23,37H,6-11,13,15,17H2,(H,34,38)/t23?,24-,28-;21?,23-,24+,28+;20?,22-,23-,27+/m111/s1. The SMILES string of the molecule is CN1CCN(CCCCN(C(=O)Nc2cc(Cl)nc(Cl)c2)[C@@H]2CC[C@]3(c4ccc(C#N)cc4)CC23)CC1.N#Cc1cccc([C@@]23CC[C@@H](N(CCCN4CC[C@H](O)C4)C(=O)Nc4ccc(F)c(Cl)c4)CC2C3)c1.N#Cc1cccc([C@@]23CC[C@@H](N(CCN4CC[C@@H](O)C4)C(=O)Nc4ccc(F)c(C(F)(F)F)c4)CC2C3)c1. The number of hydrogen-bond donors (Lipinski definition) is 5. The number of pyridine rings is 1. The highest BCUT2D eigenvalue weighted by Gasteiger charge is 2.64. The first kappa shape index (κ1) is 80.8. The minimum Gasteiger partial charge on any atom is -0.392 e. The highest BCUT2D eigenvalue weighted by atomic mass is 35.5. The number of carbonyl (C=O) groups excluding carboxylic acids is 3. The van der Waals surface area contributed by atoms with Crippen LogP contribution in [0.1, 0.15) is 142 Å². The second-order valence-electron chi connectivity index (χ2n) is 32.0. The Bertz CT molecular complexity index is 4440. The zero-order valence-corrected chi connectivity index (χ0v) is 64.7. The molecule has 27 heteroatoms. The molecule has 0 bridgehead atoms. The van der Waals surface area contributed by atoms with E-state index in [1.54, 1.807) is 23.1 Å². The van der Waals surface area contributed by atoms with E-state index in [9.17, 15) is 62.3 Å². The minimum absolute atomic E-state index is 0.00311. The van der Waals surface area contributed by atoms with Crippen LogP contribution in [0.5, 0.6) is 0 Å². The molecule has 11 atom stereocenters. The molecule has 0 spiro atoms. The van der Waals surface area contributed by atoms with Crippen molar-refractivity contribution < 1.29 is 46.5 Å². The molecular weight excluding hydrogens is 1490 g/mol. The lowest BCUT2D eigenvalue weighted by Gasteiger charge is -2.37. The van der Waals surface area contributed by atoms with Crippen molar-refractivity contribution in [2.24, 2.45) is 17.8 Å². The van der Waals surface area contributed by atoms with Crippen molar-refractivity contribution >= 4 is 70.0 Å². The van der Waals surface area contributed by atoms with Crippen molar-refractivity contribution in [3.8, 4) is 18.2 Å². The van der Waals surface area contributed by atoms with Crippen molar-refractivity contribution in [2.75, 3.05) is 115 Å². The third kappa shape index (κ3) is 19.4. The summed E-state index contributed by atoms with van der Waals surface area (Å²) in [6, 6.07) is 39.6. The number of aliphatic hydroxyl groups is 2. The fourth-order valence-electron chi connectivity index (χ4n) is 18.8. The molecule has 111 heavy (non-hydrogen) atoms. The Morgan fingerprint density at radius 3 is 1.58 bits per heavy atom. The number of carbonyl (C=O) groups is 3. The lowest BCUT2D eigenvalue weighted by Crippen LogP contribution is -2.48. The second-order valence-corrected chi connectivity index (χ2v) is 33.2. The fraction of sp³-hybridized carbons (Fsp3) is 0.512. The summed E-state index contributed by atoms with van der Waals surface area (Å²) < 4.78 is 67.0. The van der Waals surface area contributed by atoms with Gasteiger partial charge in [0.2, 0.25) is 0 Å². The quantitative estimate of drug-likeness (QED) is 0.0257. The van der Waals surface area contributed by atoms with E-state index >= 15 is 0 Å². The summed E-state index contributed by atoms with van der Waals surface area (Å²) >= 11 is 18.1. The number of anilines is 3. The van der Waals surface area contributed by atoms with Gasteiger partial charge < -0.3 is 55.6 Å². The Kier molecular flexibility index (Phi) is 25.5. The molecule has 3 saturated heterocycles. The number of hydrogen-bond acceptors (Lipinski definition) is 13. The van der Waals surface area contributed by atoms with Crippen LogP contribution in [0.15, 0.2) is 121 Å². The molecule has 6 amide bonds. The predicted octanol–water partition coefficient (Wildman–Crippen LogP) is 15.5. The van der Waals surface area contributed by atoms with Crippen LogP contribution < -0.4 is 16.0 Å². The van der Waals surface area contributed by atoms with Crippen LogP contribution in [0.25, 0.3) is 0 Å². The van der Waals surface area contributed by atoms with Gasteiger partial charge in [0.15, 0.2) is 0 Å². The van der Waals surface area contributed by atoms with E-state index in [1.807, 2.05) is 47.4 Å². The van der Waals surface area contributed by atoms with Gasteiger partial charge in [-0.25, -0.2) is 28.1 Å². The molecule has 0 radical (unpaired) electrons. The Balaban J connectivity index is 0.000000146. The number of aromatic nitrogens is 1. The number of nitrogens with one attached hydrogen (secondary N) is 3. The topological polar surface area (TPSA) is 235 Å². The molecule has 6 saturated carbocycles. The van der Waals surface area contributed by atoms with Gasteiger partial charge in [0.05, 0.1) is 57.7 Å². The predicted molar refractivity (Wildman–Crippen MR) is 417 cm³/mol. The molecule has 4 heterocycles. The molecule has 3 unspecified atom stereocenters. The summed E-state index contributed by atoms with van der Waals surface area (Å²) in [7, 11) is 2.17. The number of likely N-dealkylation sites (tertiary alicyclic amines) is 2. The normalized spacial score (nSPS) is 26.5. The van der Waals surface area contributed by atoms with Gasteiger partial charge in [-0.15, -0.1) is 0 Å². The van der Waals surface area contributed by atoms with E-state index in [1.165, 1.54) is 29.3 Å². The van der Waals surface area contributed by atoms with Crippen LogP contribution in [0, 0.1) is 63.4 Å². The van der Waals surface area contributed by atoms with Gasteiger partial charge in [0.25, 0.3) is 0 Å². The average Bonchev–Trinajstić information content (AvgIpc) is 1.53. The number of nitriles is 3. The maximum atomic E-state index is 13.8. The van der Waals surface area contributed by atoms with Crippen LogP contribution >= 0.6 is 34.8 Å². The van der Waals surface area contributed by atoms with Crippen molar-refractivity contribution in [2.45, 2.75) is 155 Å². The monoisotopic (exact) mass is 1580 g/mol. The number of rotatable bonds is 21. The summed E-state index contributed by atoms with van der Waals surface area (Å²) in [5, 5.41) is 56.5. The fourth-order valence-corrected chi connectivity index (χ4v) is 19.5. The molecule has 19 nitrogen and oxygen atoms in total. The number of piperazine rings is 1. The molecule has 15 rings (SSSR count). The van der Waals surface area contributed by atoms with Gasteiger partial charge in [-0.05, 0) is 253 Å². The molecule has 588 valence electrons. The number of amides is 6. The summed E-state index contributed by atoms with van der Waals surface area (Å²) in [4.78, 5) is 59.3. The van der Waals surface area contributed by atoms with Gasteiger partial charge in [-0.3, -0.25) is 4.90 Å². The number of benzene rings is 5. The number of urea groups is 3. The van der Waals surface area contributed by atoms with Crippen LogP contribution in [-0.2, 0) is 22.4 Å². The van der Waals surface area contributed by atoms with Gasteiger partial charge in [-0.1, -0.05) is 71.2 Å². The summed E-state index contributed by atoms with van der Waals surface area (Å²) in [6.07, 6.45) is 9.11. The van der Waals surface area contributed by atoms with Gasteiger partial charge >= 0.3 is 24.3 Å². The molecule has 6 aliphatic carbocycles. The molecular formula is C84H96Cl3F5N14O5. The van der Waals surface area contributed by atoms with Crippen LogP contribution in [-0.4, -0.2) is 197 Å². The maximum Gasteiger partial charge on any atom is 0.419 e. The Morgan fingerprint density at radius 1 is 0.532 bits per heavy atom. The van der Waals surface area contributed by atoms with Gasteiger partial charge in [0, 0.05) is 119 Å². The molecule has 9 aliphatic rings. The summed E-state index contributed by atoms with van der Waals surface area (Å²) in [5.41, 5.74) is 5.44. The molecule has 3 aliphatic heterocycles. The molecule has 6 aromatic rings. The Morgan fingerprint density at radius 2 is 1.05 bits per heavy atom. The third-order valence-electron chi connectivity index (χ3n) is 25.1. The van der Waals surface area contributed by atoms with E-state index in [0.717, 1.165) is 167 Å². The van der Waals surface area contributed by atoms with Crippen LogP contribution in [0.2, 0.25) is 15.3 Å². The second kappa shape index (κ2) is 35.1. The van der Waals surface area contributed by atoms with E-state index in [4.69, 9.17) is 34.8 Å². The van der Waals surface area contributed by atoms with Crippen molar-refractivity contribution in [1.29, 1.82) is 15.8 Å². The number of unbranched alkanes of at least 4 members (excludes halogenated alkanes) is 1. The Hall–Kier alpha value is -8.19. The third-order valence-corrected chi connectivity index (χ3v) is 25.8. The minimum atomic E-state index is -4.87. The lowest BCUT2D eigenvalue weighted by atomic mass is 9.80. The number of nitrogens with zero attached hydrogens (tertiary/aromatic N) is 11. The Labute approximate surface area is 661 Å². The number of alkyl halides is 3. The first-order valence-electron chi connectivity index (χ1n) is 39.0. The number of aliphatic hydroxyl groups excluding tert-OH is 2. The molecule has 1 aromatic heterocycles. The number of likely N-dealkylation sites (N-methyl/N-ethyl adjacent to an activating group) is 1. The van der Waals surface area contributed by atoms with Crippen LogP contribution in [0.3, 0.4) is 0 Å². The van der Waals surface area contributed by atoms with Gasteiger partial charge in [-0.2, -0.15) is 29.0 Å². The molecule has 5 N–H and O–H groups in total. The van der Waals surface area contributed by atoms with E-state index in [0.29, 0.717) is 97.1 Å². The average molecular weight is 1580 g/mol. The van der Waals surface area contributed by atoms with Crippen molar-refractivity contribution in [3.05, 3.63) is 187 Å². The zero-order chi connectivity index (χ0) is 78.4. The maximum absolute atomic E-state index is 13.8. The number of halogens is 8. The number of fused-ring (bicyclic) bond motifs is 3.